The molecule has 0 aliphatic carbocycles. The van der Waals surface area contributed by atoms with Crippen LogP contribution in [0.5, 0.6) is 0 Å². The van der Waals surface area contributed by atoms with Crippen LogP contribution in [0.3, 0.4) is 0 Å². The normalized spacial score (nSPS) is 11.3. The van der Waals surface area contributed by atoms with Gasteiger partial charge < -0.3 is 0 Å². The van der Waals surface area contributed by atoms with Crippen molar-refractivity contribution < 1.29 is 13.2 Å². The van der Waals surface area contributed by atoms with E-state index in [4.69, 9.17) is 11.6 Å². The molecule has 0 aliphatic heterocycles. The predicted molar refractivity (Wildman–Crippen MR) is 75.2 cm³/mol. The number of benzene rings is 2. The standard InChI is InChI=1S/C15H10ClF3N2/c1-8-2-3-9(17)12(6-8)21-13(7-16)20-11-5-4-10(18)14(19)15(11)21/h2-6H,7H2,1H3. The molecule has 0 spiro atoms. The van der Waals surface area contributed by atoms with Gasteiger partial charge in [0, 0.05) is 0 Å². The minimum Gasteiger partial charge on any atom is -0.290 e. The number of hydrogen-bond acceptors (Lipinski definition) is 1. The molecule has 0 atom stereocenters. The lowest BCUT2D eigenvalue weighted by molar-refractivity contribution is 0.513. The minimum absolute atomic E-state index is 0.0525. The molecule has 0 fully saturated rings. The molecule has 108 valence electrons. The summed E-state index contributed by atoms with van der Waals surface area (Å²) in [6, 6.07) is 6.73. The molecule has 3 aromatic rings. The van der Waals surface area contributed by atoms with E-state index in [1.54, 1.807) is 13.0 Å². The summed E-state index contributed by atoms with van der Waals surface area (Å²) < 4.78 is 42.9. The fourth-order valence-electron chi connectivity index (χ4n) is 2.29. The van der Waals surface area contributed by atoms with Crippen LogP contribution >= 0.6 is 11.6 Å². The van der Waals surface area contributed by atoms with Crippen LogP contribution in [0.4, 0.5) is 13.2 Å². The molecule has 0 radical (unpaired) electrons. The maximum absolute atomic E-state index is 14.1. The molecule has 0 aliphatic rings. The molecule has 1 aromatic heterocycles. The highest BCUT2D eigenvalue weighted by molar-refractivity contribution is 6.17. The molecule has 3 rings (SSSR count). The van der Waals surface area contributed by atoms with E-state index in [1.807, 2.05) is 0 Å². The average Bonchev–Trinajstić information content (AvgIpc) is 2.84. The zero-order chi connectivity index (χ0) is 15.1. The van der Waals surface area contributed by atoms with Gasteiger partial charge in [0.1, 0.15) is 17.2 Å². The summed E-state index contributed by atoms with van der Waals surface area (Å²) in [5, 5.41) is 0. The molecule has 0 N–H and O–H groups in total. The molecule has 0 saturated heterocycles. The van der Waals surface area contributed by atoms with Gasteiger partial charge in [0.25, 0.3) is 0 Å². The second-order valence-corrected chi connectivity index (χ2v) is 4.95. The fraction of sp³-hybridized carbons (Fsp3) is 0.133. The summed E-state index contributed by atoms with van der Waals surface area (Å²) in [4.78, 5) is 4.14. The van der Waals surface area contributed by atoms with Crippen molar-refractivity contribution in [1.29, 1.82) is 0 Å². The molecule has 0 unspecified atom stereocenters. The first-order chi connectivity index (χ1) is 10.0. The number of rotatable bonds is 2. The van der Waals surface area contributed by atoms with E-state index in [0.29, 0.717) is 0 Å². The first-order valence-corrected chi connectivity index (χ1v) is 6.74. The Kier molecular flexibility index (Phi) is 3.37. The molecule has 1 heterocycles. The zero-order valence-corrected chi connectivity index (χ0v) is 11.8. The van der Waals surface area contributed by atoms with Gasteiger partial charge in [0.05, 0.1) is 17.1 Å². The van der Waals surface area contributed by atoms with Crippen LogP contribution in [-0.4, -0.2) is 9.55 Å². The molecule has 2 nitrogen and oxygen atoms in total. The topological polar surface area (TPSA) is 17.8 Å². The Labute approximate surface area is 123 Å². The number of fused-ring (bicyclic) bond motifs is 1. The summed E-state index contributed by atoms with van der Waals surface area (Å²) in [7, 11) is 0. The SMILES string of the molecule is Cc1ccc(F)c(-n2c(CCl)nc3ccc(F)c(F)c32)c1. The Bertz CT molecular complexity index is 843. The van der Waals surface area contributed by atoms with Gasteiger partial charge in [-0.1, -0.05) is 6.07 Å². The van der Waals surface area contributed by atoms with Crippen LogP contribution in [0.15, 0.2) is 30.3 Å². The number of alkyl halides is 1. The third-order valence-corrected chi connectivity index (χ3v) is 3.48. The summed E-state index contributed by atoms with van der Waals surface area (Å²) in [5.41, 5.74) is 0.990. The van der Waals surface area contributed by atoms with Crippen LogP contribution in [0.1, 0.15) is 11.4 Å². The van der Waals surface area contributed by atoms with Gasteiger partial charge in [0.15, 0.2) is 11.6 Å². The van der Waals surface area contributed by atoms with Crippen molar-refractivity contribution in [2.45, 2.75) is 12.8 Å². The van der Waals surface area contributed by atoms with Gasteiger partial charge in [-0.25, -0.2) is 18.2 Å². The van der Waals surface area contributed by atoms with E-state index < -0.39 is 17.5 Å². The van der Waals surface area contributed by atoms with Crippen LogP contribution < -0.4 is 0 Å². The lowest BCUT2D eigenvalue weighted by Crippen LogP contribution is -2.04. The first-order valence-electron chi connectivity index (χ1n) is 6.20. The molecule has 6 heteroatoms. The third-order valence-electron chi connectivity index (χ3n) is 3.24. The van der Waals surface area contributed by atoms with Gasteiger partial charge in [-0.3, -0.25) is 4.57 Å². The summed E-state index contributed by atoms with van der Waals surface area (Å²) in [6.07, 6.45) is 0. The molecule has 0 saturated carbocycles. The zero-order valence-electron chi connectivity index (χ0n) is 11.0. The molecule has 0 amide bonds. The Hall–Kier alpha value is -2.01. The molecular formula is C15H10ClF3N2. The maximum Gasteiger partial charge on any atom is 0.185 e. The quantitative estimate of drug-likeness (QED) is 0.638. The van der Waals surface area contributed by atoms with Crippen LogP contribution in [0, 0.1) is 24.4 Å². The second-order valence-electron chi connectivity index (χ2n) is 4.68. The molecular weight excluding hydrogens is 301 g/mol. The van der Waals surface area contributed by atoms with E-state index >= 15 is 0 Å². The van der Waals surface area contributed by atoms with E-state index in [9.17, 15) is 13.2 Å². The summed E-state index contributed by atoms with van der Waals surface area (Å²) in [5.74, 6) is -2.45. The first kappa shape index (κ1) is 13.9. The van der Waals surface area contributed by atoms with Crippen molar-refractivity contribution in [3.63, 3.8) is 0 Å². The van der Waals surface area contributed by atoms with Crippen molar-refractivity contribution in [1.82, 2.24) is 9.55 Å². The van der Waals surface area contributed by atoms with Crippen LogP contribution in [-0.2, 0) is 5.88 Å². The largest absolute Gasteiger partial charge is 0.290 e. The number of nitrogens with zero attached hydrogens (tertiary/aromatic N) is 2. The van der Waals surface area contributed by atoms with Crippen molar-refractivity contribution in [2.75, 3.05) is 0 Å². The smallest absolute Gasteiger partial charge is 0.185 e. The lowest BCUT2D eigenvalue weighted by Gasteiger charge is -2.10. The summed E-state index contributed by atoms with van der Waals surface area (Å²) >= 11 is 5.82. The van der Waals surface area contributed by atoms with Crippen LogP contribution in [0.25, 0.3) is 16.7 Å². The van der Waals surface area contributed by atoms with Crippen molar-refractivity contribution in [2.24, 2.45) is 0 Å². The van der Waals surface area contributed by atoms with Gasteiger partial charge in [-0.05, 0) is 36.8 Å². The Morgan fingerprint density at radius 3 is 2.52 bits per heavy atom. The highest BCUT2D eigenvalue weighted by atomic mass is 35.5. The minimum atomic E-state index is -1.07. The number of imidazole rings is 1. The monoisotopic (exact) mass is 310 g/mol. The van der Waals surface area contributed by atoms with E-state index in [-0.39, 0.29) is 28.4 Å². The van der Waals surface area contributed by atoms with Gasteiger partial charge in [0.2, 0.25) is 0 Å². The highest BCUT2D eigenvalue weighted by Gasteiger charge is 2.20. The van der Waals surface area contributed by atoms with E-state index in [1.165, 1.54) is 22.8 Å². The van der Waals surface area contributed by atoms with Gasteiger partial charge in [-0.15, -0.1) is 11.6 Å². The third kappa shape index (κ3) is 2.17. The summed E-state index contributed by atoms with van der Waals surface area (Å²) in [6.45, 7) is 1.78. The lowest BCUT2D eigenvalue weighted by atomic mass is 10.2. The number of aromatic nitrogens is 2. The Morgan fingerprint density at radius 2 is 1.81 bits per heavy atom. The molecule has 21 heavy (non-hydrogen) atoms. The van der Waals surface area contributed by atoms with Gasteiger partial charge >= 0.3 is 0 Å². The average molecular weight is 311 g/mol. The molecule has 0 bridgehead atoms. The second kappa shape index (κ2) is 5.07. The Balaban J connectivity index is 2.45. The fourth-order valence-corrected chi connectivity index (χ4v) is 2.47. The van der Waals surface area contributed by atoms with Crippen molar-refractivity contribution in [3.8, 4) is 5.69 Å². The highest BCUT2D eigenvalue weighted by Crippen LogP contribution is 2.28. The number of aryl methyl sites for hydroxylation is 1. The van der Waals surface area contributed by atoms with E-state index in [2.05, 4.69) is 4.98 Å². The predicted octanol–water partition coefficient (Wildman–Crippen LogP) is 4.49. The number of halogens is 4. The van der Waals surface area contributed by atoms with E-state index in [0.717, 1.165) is 11.6 Å². The van der Waals surface area contributed by atoms with Gasteiger partial charge in [-0.2, -0.15) is 0 Å². The number of hydrogen-bond donors (Lipinski definition) is 0. The van der Waals surface area contributed by atoms with Crippen molar-refractivity contribution in [3.05, 3.63) is 59.2 Å². The maximum atomic E-state index is 14.1. The molecule has 2 aromatic carbocycles. The Morgan fingerprint density at radius 1 is 1.10 bits per heavy atom. The van der Waals surface area contributed by atoms with Crippen LogP contribution in [0.2, 0.25) is 0 Å². The van der Waals surface area contributed by atoms with Crippen molar-refractivity contribution >= 4 is 22.6 Å².